The van der Waals surface area contributed by atoms with Gasteiger partial charge in [-0.15, -0.1) is 0 Å². The van der Waals surface area contributed by atoms with Crippen molar-refractivity contribution in [3.05, 3.63) is 83.4 Å². The zero-order chi connectivity index (χ0) is 23.5. The van der Waals surface area contributed by atoms with E-state index in [2.05, 4.69) is 10.6 Å². The van der Waals surface area contributed by atoms with Crippen molar-refractivity contribution in [1.82, 2.24) is 4.90 Å². The number of methoxy groups -OCH3 is 2. The second-order valence-corrected chi connectivity index (χ2v) is 7.72. The second kappa shape index (κ2) is 9.08. The van der Waals surface area contributed by atoms with Crippen molar-refractivity contribution < 1.29 is 19.1 Å². The fraction of sp³-hybridized carbons (Fsp3) is 0.154. The molecular formula is C26H25N3O4. The summed E-state index contributed by atoms with van der Waals surface area (Å²) in [5.74, 6) is 0.761. The van der Waals surface area contributed by atoms with E-state index in [9.17, 15) is 9.59 Å². The standard InChI is InChI=1S/C26H25N3O4/c1-29(2)26(31)17-10-12-18(13-11-17)27-24(16-8-6-5-7-9-16)23-19-14-21(32-3)22(33-4)15-20(19)28-25(23)30/h5-15,27H,1-4H3,(H,28,30). The van der Waals surface area contributed by atoms with Crippen LogP contribution in [0.1, 0.15) is 21.5 Å². The topological polar surface area (TPSA) is 79.9 Å². The summed E-state index contributed by atoms with van der Waals surface area (Å²) in [5, 5.41) is 6.32. The number of carbonyl (C=O) groups excluding carboxylic acids is 2. The predicted octanol–water partition coefficient (Wildman–Crippen LogP) is 4.34. The van der Waals surface area contributed by atoms with Crippen molar-refractivity contribution in [1.29, 1.82) is 0 Å². The molecule has 7 heteroatoms. The van der Waals surface area contributed by atoms with Crippen molar-refractivity contribution in [2.24, 2.45) is 0 Å². The van der Waals surface area contributed by atoms with Gasteiger partial charge in [0.25, 0.3) is 11.8 Å². The van der Waals surface area contributed by atoms with Gasteiger partial charge in [-0.05, 0) is 35.9 Å². The molecule has 1 aliphatic rings. The molecular weight excluding hydrogens is 418 g/mol. The number of nitrogens with zero attached hydrogens (tertiary/aromatic N) is 1. The van der Waals surface area contributed by atoms with Gasteiger partial charge in [-0.25, -0.2) is 0 Å². The molecule has 0 atom stereocenters. The molecule has 0 aromatic heterocycles. The lowest BCUT2D eigenvalue weighted by molar-refractivity contribution is -0.110. The Balaban J connectivity index is 1.83. The molecule has 0 radical (unpaired) electrons. The lowest BCUT2D eigenvalue weighted by atomic mass is 9.99. The highest BCUT2D eigenvalue weighted by atomic mass is 16.5. The van der Waals surface area contributed by atoms with E-state index in [-0.39, 0.29) is 11.8 Å². The van der Waals surface area contributed by atoms with E-state index in [0.717, 1.165) is 11.3 Å². The number of nitrogens with one attached hydrogen (secondary N) is 2. The Bertz CT molecular complexity index is 1230. The highest BCUT2D eigenvalue weighted by Gasteiger charge is 2.30. The van der Waals surface area contributed by atoms with Gasteiger partial charge in [-0.2, -0.15) is 0 Å². The zero-order valence-electron chi connectivity index (χ0n) is 18.9. The van der Waals surface area contributed by atoms with E-state index >= 15 is 0 Å². The molecule has 1 aliphatic heterocycles. The molecule has 0 bridgehead atoms. The van der Waals surface area contributed by atoms with Crippen molar-refractivity contribution in [2.45, 2.75) is 0 Å². The molecule has 7 nitrogen and oxygen atoms in total. The minimum absolute atomic E-state index is 0.0756. The number of carbonyl (C=O) groups is 2. The number of hydrogen-bond donors (Lipinski definition) is 2. The molecule has 0 fully saturated rings. The van der Waals surface area contributed by atoms with Crippen LogP contribution in [0.4, 0.5) is 11.4 Å². The van der Waals surface area contributed by atoms with Crippen LogP contribution >= 0.6 is 0 Å². The normalized spacial score (nSPS) is 13.6. The molecule has 168 valence electrons. The monoisotopic (exact) mass is 443 g/mol. The largest absolute Gasteiger partial charge is 0.493 e. The van der Waals surface area contributed by atoms with Gasteiger partial charge in [0, 0.05) is 37.0 Å². The van der Waals surface area contributed by atoms with Crippen molar-refractivity contribution in [2.75, 3.05) is 38.9 Å². The van der Waals surface area contributed by atoms with Crippen LogP contribution in [-0.4, -0.2) is 45.0 Å². The number of rotatable bonds is 6. The summed E-state index contributed by atoms with van der Waals surface area (Å²) < 4.78 is 10.8. The second-order valence-electron chi connectivity index (χ2n) is 7.72. The molecule has 0 spiro atoms. The molecule has 3 aromatic rings. The Morgan fingerprint density at radius 3 is 2.12 bits per heavy atom. The Hall–Kier alpha value is -4.26. The summed E-state index contributed by atoms with van der Waals surface area (Å²) in [6, 6.07) is 20.3. The van der Waals surface area contributed by atoms with E-state index < -0.39 is 0 Å². The first kappa shape index (κ1) is 22.0. The number of hydrogen-bond acceptors (Lipinski definition) is 5. The quantitative estimate of drug-likeness (QED) is 0.554. The molecule has 4 rings (SSSR count). The van der Waals surface area contributed by atoms with Crippen LogP contribution in [0.5, 0.6) is 11.5 Å². The minimum Gasteiger partial charge on any atom is -0.493 e. The molecule has 0 aliphatic carbocycles. The van der Waals surface area contributed by atoms with Crippen molar-refractivity contribution in [3.8, 4) is 11.5 Å². The van der Waals surface area contributed by atoms with Crippen LogP contribution < -0.4 is 20.1 Å². The number of amides is 2. The van der Waals surface area contributed by atoms with Gasteiger partial charge in [0.15, 0.2) is 11.5 Å². The first-order valence-electron chi connectivity index (χ1n) is 10.4. The van der Waals surface area contributed by atoms with Crippen LogP contribution in [0, 0.1) is 0 Å². The molecule has 0 saturated heterocycles. The number of benzene rings is 3. The van der Waals surface area contributed by atoms with Gasteiger partial charge in [0.05, 0.1) is 31.2 Å². The van der Waals surface area contributed by atoms with Crippen LogP contribution in [0.3, 0.4) is 0 Å². The van der Waals surface area contributed by atoms with Crippen LogP contribution in [0.25, 0.3) is 11.3 Å². The SMILES string of the molecule is COc1cc2c(cc1OC)C(=C(Nc1ccc(C(=O)N(C)C)cc1)c1ccccc1)C(=O)N2. The molecule has 3 aromatic carbocycles. The van der Waals surface area contributed by atoms with Crippen LogP contribution in [-0.2, 0) is 4.79 Å². The predicted molar refractivity (Wildman–Crippen MR) is 130 cm³/mol. The van der Waals surface area contributed by atoms with Crippen molar-refractivity contribution >= 4 is 34.5 Å². The van der Waals surface area contributed by atoms with E-state index in [4.69, 9.17) is 9.47 Å². The van der Waals surface area contributed by atoms with Gasteiger partial charge in [0.2, 0.25) is 0 Å². The molecule has 0 saturated carbocycles. The third-order valence-electron chi connectivity index (χ3n) is 5.39. The molecule has 1 heterocycles. The summed E-state index contributed by atoms with van der Waals surface area (Å²) >= 11 is 0. The average molecular weight is 444 g/mol. The van der Waals surface area contributed by atoms with Gasteiger partial charge < -0.3 is 25.0 Å². The molecule has 2 amide bonds. The average Bonchev–Trinajstić information content (AvgIpc) is 3.16. The summed E-state index contributed by atoms with van der Waals surface area (Å²) in [7, 11) is 6.54. The number of anilines is 2. The lowest BCUT2D eigenvalue weighted by Crippen LogP contribution is -2.21. The van der Waals surface area contributed by atoms with Gasteiger partial charge >= 0.3 is 0 Å². The minimum atomic E-state index is -0.230. The van der Waals surface area contributed by atoms with E-state index in [1.807, 2.05) is 42.5 Å². The van der Waals surface area contributed by atoms with Crippen LogP contribution in [0.2, 0.25) is 0 Å². The third kappa shape index (κ3) is 4.25. The van der Waals surface area contributed by atoms with Crippen molar-refractivity contribution in [3.63, 3.8) is 0 Å². The van der Waals surface area contributed by atoms with E-state index in [1.54, 1.807) is 52.6 Å². The van der Waals surface area contributed by atoms with E-state index in [1.165, 1.54) is 4.90 Å². The maximum absolute atomic E-state index is 13.1. The first-order valence-corrected chi connectivity index (χ1v) is 10.4. The van der Waals surface area contributed by atoms with Gasteiger partial charge in [-0.1, -0.05) is 30.3 Å². The summed E-state index contributed by atoms with van der Waals surface area (Å²) in [6.07, 6.45) is 0. The van der Waals surface area contributed by atoms with Gasteiger partial charge in [-0.3, -0.25) is 9.59 Å². The smallest absolute Gasteiger partial charge is 0.258 e. The fourth-order valence-electron chi connectivity index (χ4n) is 3.73. The maximum Gasteiger partial charge on any atom is 0.258 e. The fourth-order valence-corrected chi connectivity index (χ4v) is 3.73. The summed E-state index contributed by atoms with van der Waals surface area (Å²) in [6.45, 7) is 0. The molecule has 2 N–H and O–H groups in total. The summed E-state index contributed by atoms with van der Waals surface area (Å²) in [4.78, 5) is 26.9. The van der Waals surface area contributed by atoms with Crippen LogP contribution in [0.15, 0.2) is 66.7 Å². The number of ether oxygens (including phenoxy) is 2. The molecule has 0 unspecified atom stereocenters. The Morgan fingerprint density at radius 2 is 1.52 bits per heavy atom. The highest BCUT2D eigenvalue weighted by molar-refractivity contribution is 6.37. The number of fused-ring (bicyclic) bond motifs is 1. The Kier molecular flexibility index (Phi) is 6.04. The Labute approximate surface area is 192 Å². The lowest BCUT2D eigenvalue weighted by Gasteiger charge is -2.16. The maximum atomic E-state index is 13.1. The zero-order valence-corrected chi connectivity index (χ0v) is 18.9. The van der Waals surface area contributed by atoms with Gasteiger partial charge in [0.1, 0.15) is 0 Å². The van der Waals surface area contributed by atoms with E-state index in [0.29, 0.717) is 39.6 Å². The Morgan fingerprint density at radius 1 is 0.879 bits per heavy atom. The highest BCUT2D eigenvalue weighted by Crippen LogP contribution is 2.43. The summed E-state index contributed by atoms with van der Waals surface area (Å²) in [5.41, 5.74) is 4.67. The first-order chi connectivity index (χ1) is 15.9. The third-order valence-corrected chi connectivity index (χ3v) is 5.39. The molecule has 33 heavy (non-hydrogen) atoms.